The number of hydrogen-bond acceptors (Lipinski definition) is 9. The summed E-state index contributed by atoms with van der Waals surface area (Å²) in [6.07, 6.45) is 2.91. The molecule has 0 saturated carbocycles. The normalized spacial score (nSPS) is 13.8. The van der Waals surface area contributed by atoms with E-state index >= 15 is 0 Å². The number of fused-ring (bicyclic) bond motifs is 1. The molecule has 234 valence electrons. The lowest BCUT2D eigenvalue weighted by Gasteiger charge is -2.19. The largest absolute Gasteiger partial charge is 0.390 e. The van der Waals surface area contributed by atoms with Crippen molar-refractivity contribution in [3.63, 3.8) is 0 Å². The second kappa shape index (κ2) is 14.7. The number of nitrogens with zero attached hydrogens (tertiary/aromatic N) is 5. The third-order valence-electron chi connectivity index (χ3n) is 5.40. The lowest BCUT2D eigenvalue weighted by molar-refractivity contribution is 0.000324. The number of aromatic nitrogens is 2. The van der Waals surface area contributed by atoms with E-state index in [1.54, 1.807) is 30.3 Å². The van der Waals surface area contributed by atoms with Gasteiger partial charge in [-0.15, -0.1) is 0 Å². The van der Waals surface area contributed by atoms with Gasteiger partial charge in [-0.05, 0) is 65.8 Å². The van der Waals surface area contributed by atoms with Gasteiger partial charge in [0.15, 0.2) is 0 Å². The number of amides is 2. The number of pyridine rings is 2. The van der Waals surface area contributed by atoms with Crippen molar-refractivity contribution in [1.82, 2.24) is 14.9 Å². The topological polar surface area (TPSA) is 132 Å². The Morgan fingerprint density at radius 1 is 0.773 bits per heavy atom. The first-order chi connectivity index (χ1) is 20.5. The van der Waals surface area contributed by atoms with E-state index in [1.807, 2.05) is 41.5 Å². The van der Waals surface area contributed by atoms with E-state index < -0.39 is 17.4 Å². The average molecular weight is 682 g/mol. The van der Waals surface area contributed by atoms with Crippen LogP contribution in [0.4, 0.5) is 0 Å². The summed E-state index contributed by atoms with van der Waals surface area (Å²) >= 11 is 23.9. The van der Waals surface area contributed by atoms with E-state index in [2.05, 4.69) is 20.3 Å². The van der Waals surface area contributed by atoms with E-state index in [9.17, 15) is 9.59 Å². The molecule has 1 aliphatic heterocycles. The Morgan fingerprint density at radius 2 is 1.18 bits per heavy atom. The SMILES string of the molecule is CC(C)(C)ON=C(CN)c1ncc(Cl)cc1Cl.CC(C)(C)ON=C(CN1C(=O)c2ccccc2C1=O)c1ncc(Cl)cc1Cl. The minimum Gasteiger partial charge on any atom is -0.390 e. The van der Waals surface area contributed by atoms with E-state index in [0.29, 0.717) is 43.3 Å². The fourth-order valence-electron chi connectivity index (χ4n) is 3.49. The van der Waals surface area contributed by atoms with Crippen molar-refractivity contribution in [3.8, 4) is 0 Å². The molecule has 0 radical (unpaired) electrons. The van der Waals surface area contributed by atoms with Gasteiger partial charge in [-0.2, -0.15) is 0 Å². The minimum absolute atomic E-state index is 0.128. The summed E-state index contributed by atoms with van der Waals surface area (Å²) in [4.78, 5) is 45.5. The van der Waals surface area contributed by atoms with Crippen LogP contribution in [0.5, 0.6) is 0 Å². The second-order valence-electron chi connectivity index (χ2n) is 11.4. The van der Waals surface area contributed by atoms with Crippen molar-refractivity contribution in [2.24, 2.45) is 16.0 Å². The number of nitrogens with two attached hydrogens (primary N) is 1. The molecule has 4 rings (SSSR count). The molecule has 0 bridgehead atoms. The summed E-state index contributed by atoms with van der Waals surface area (Å²) in [5.41, 5.74) is 6.86. The number of halogens is 4. The van der Waals surface area contributed by atoms with E-state index in [0.717, 1.165) is 4.90 Å². The average Bonchev–Trinajstić information content (AvgIpc) is 3.16. The predicted octanol–water partition coefficient (Wildman–Crippen LogP) is 7.07. The predicted molar refractivity (Wildman–Crippen MR) is 174 cm³/mol. The Labute approximate surface area is 276 Å². The van der Waals surface area contributed by atoms with Crippen LogP contribution in [0, 0.1) is 0 Å². The van der Waals surface area contributed by atoms with Crippen molar-refractivity contribution < 1.29 is 19.3 Å². The molecule has 0 fully saturated rings. The summed E-state index contributed by atoms with van der Waals surface area (Å²) in [5.74, 6) is -0.798. The third kappa shape index (κ3) is 9.61. The van der Waals surface area contributed by atoms with Crippen LogP contribution in [0.25, 0.3) is 0 Å². The third-order valence-corrected chi connectivity index (χ3v) is 6.39. The number of carbonyl (C=O) groups is 2. The highest BCUT2D eigenvalue weighted by Crippen LogP contribution is 2.25. The van der Waals surface area contributed by atoms with Gasteiger partial charge in [0.2, 0.25) is 0 Å². The lowest BCUT2D eigenvalue weighted by Crippen LogP contribution is -2.36. The van der Waals surface area contributed by atoms with Gasteiger partial charge in [0.25, 0.3) is 11.8 Å². The molecule has 2 N–H and O–H groups in total. The Bertz CT molecular complexity index is 1560. The highest BCUT2D eigenvalue weighted by atomic mass is 35.5. The van der Waals surface area contributed by atoms with Crippen LogP contribution in [-0.4, -0.2) is 62.4 Å². The molecule has 1 aromatic carbocycles. The maximum absolute atomic E-state index is 12.6. The van der Waals surface area contributed by atoms with Crippen LogP contribution in [0.1, 0.15) is 73.6 Å². The van der Waals surface area contributed by atoms with Gasteiger partial charge in [0.1, 0.15) is 34.0 Å². The van der Waals surface area contributed by atoms with Crippen molar-refractivity contribution >= 4 is 69.6 Å². The summed E-state index contributed by atoms with van der Waals surface area (Å²) in [6, 6.07) is 9.76. The maximum Gasteiger partial charge on any atom is 0.261 e. The van der Waals surface area contributed by atoms with Crippen LogP contribution in [0.15, 0.2) is 59.1 Å². The second-order valence-corrected chi connectivity index (χ2v) is 13.1. The number of imide groups is 1. The van der Waals surface area contributed by atoms with Gasteiger partial charge in [0.05, 0.1) is 37.8 Å². The molecule has 2 aromatic heterocycles. The molecule has 2 amide bonds. The highest BCUT2D eigenvalue weighted by molar-refractivity contribution is 6.37. The summed E-state index contributed by atoms with van der Waals surface area (Å²) in [5, 5.41) is 9.58. The van der Waals surface area contributed by atoms with E-state index in [4.69, 9.17) is 61.8 Å². The molecule has 1 aliphatic rings. The number of benzene rings is 1. The molecule has 14 heteroatoms. The molecule has 0 atom stereocenters. The van der Waals surface area contributed by atoms with Crippen molar-refractivity contribution in [2.75, 3.05) is 13.1 Å². The molecule has 0 spiro atoms. The molecule has 0 aliphatic carbocycles. The molecule has 0 unspecified atom stereocenters. The fraction of sp³-hybridized carbons (Fsp3) is 0.333. The van der Waals surface area contributed by atoms with Crippen molar-refractivity contribution in [2.45, 2.75) is 52.7 Å². The molecular formula is C30H32Cl4N6O4. The number of oxime groups is 2. The Kier molecular flexibility index (Phi) is 11.7. The first-order valence-corrected chi connectivity index (χ1v) is 14.8. The van der Waals surface area contributed by atoms with Crippen LogP contribution in [0.3, 0.4) is 0 Å². The standard InChI is InChI=1S/C19H17Cl2N3O3.C11H15Cl2N3O/c1-19(2,3)27-23-15(16-14(21)8-11(20)9-22-16)10-24-17(25)12-6-4-5-7-13(12)18(24)26;1-11(2,3)17-16-9(5-14)10-8(13)4-7(12)6-15-10/h4-9H,10H2,1-3H3;4,6H,5,14H2,1-3H3. The smallest absolute Gasteiger partial charge is 0.261 e. The van der Waals surface area contributed by atoms with E-state index in [1.165, 1.54) is 18.5 Å². The van der Waals surface area contributed by atoms with Crippen LogP contribution >= 0.6 is 46.4 Å². The summed E-state index contributed by atoms with van der Waals surface area (Å²) in [6.45, 7) is 11.2. The molecule has 0 saturated heterocycles. The molecule has 44 heavy (non-hydrogen) atoms. The summed E-state index contributed by atoms with van der Waals surface area (Å²) in [7, 11) is 0. The first-order valence-electron chi connectivity index (χ1n) is 13.3. The van der Waals surface area contributed by atoms with Gasteiger partial charge in [0, 0.05) is 18.9 Å². The van der Waals surface area contributed by atoms with E-state index in [-0.39, 0.29) is 29.4 Å². The number of hydrogen-bond donors (Lipinski definition) is 1. The van der Waals surface area contributed by atoms with Gasteiger partial charge in [-0.1, -0.05) is 68.8 Å². The molecule has 10 nitrogen and oxygen atoms in total. The Morgan fingerprint density at radius 3 is 1.57 bits per heavy atom. The number of carbonyl (C=O) groups excluding carboxylic acids is 2. The zero-order chi connectivity index (χ0) is 32.8. The zero-order valence-corrected chi connectivity index (χ0v) is 28.0. The minimum atomic E-state index is -0.577. The van der Waals surface area contributed by atoms with Gasteiger partial charge < -0.3 is 15.4 Å². The molecule has 3 heterocycles. The first kappa shape index (κ1) is 35.2. The monoisotopic (exact) mass is 680 g/mol. The quantitative estimate of drug-likeness (QED) is 0.160. The lowest BCUT2D eigenvalue weighted by atomic mass is 10.1. The van der Waals surface area contributed by atoms with Crippen LogP contribution < -0.4 is 5.73 Å². The van der Waals surface area contributed by atoms with Crippen molar-refractivity contribution in [3.05, 3.63) is 91.4 Å². The molecular weight excluding hydrogens is 650 g/mol. The molecule has 3 aromatic rings. The van der Waals surface area contributed by atoms with Crippen molar-refractivity contribution in [1.29, 1.82) is 0 Å². The highest BCUT2D eigenvalue weighted by Gasteiger charge is 2.36. The summed E-state index contributed by atoms with van der Waals surface area (Å²) < 4.78 is 0. The van der Waals surface area contributed by atoms with Gasteiger partial charge in [-0.25, -0.2) is 0 Å². The van der Waals surface area contributed by atoms with Crippen LogP contribution in [0.2, 0.25) is 20.1 Å². The number of rotatable bonds is 7. The van der Waals surface area contributed by atoms with Gasteiger partial charge in [-0.3, -0.25) is 24.5 Å². The maximum atomic E-state index is 12.6. The van der Waals surface area contributed by atoms with Crippen LogP contribution in [-0.2, 0) is 9.68 Å². The zero-order valence-electron chi connectivity index (χ0n) is 25.0. The Hall–Kier alpha value is -3.28. The Balaban J connectivity index is 0.000000269. The fourth-order valence-corrected chi connectivity index (χ4v) is 4.47. The van der Waals surface area contributed by atoms with Gasteiger partial charge >= 0.3 is 0 Å².